The Morgan fingerprint density at radius 1 is 0.929 bits per heavy atom. The van der Waals surface area contributed by atoms with Crippen LogP contribution in [0.1, 0.15) is 23.2 Å². The van der Waals surface area contributed by atoms with Gasteiger partial charge in [-0.1, -0.05) is 30.3 Å². The average molecular weight is 380 g/mol. The molecule has 1 saturated heterocycles. The zero-order valence-electron chi connectivity index (χ0n) is 15.6. The number of piperidine rings is 1. The fraction of sp³-hybridized carbons (Fsp3) is 0.286. The lowest BCUT2D eigenvalue weighted by atomic mass is 9.96. The Hall–Kier alpha value is -3.19. The number of hydrogen-bond acceptors (Lipinski definition) is 4. The summed E-state index contributed by atoms with van der Waals surface area (Å²) >= 11 is 0. The van der Waals surface area contributed by atoms with E-state index in [1.807, 2.05) is 23.1 Å². The SMILES string of the molecule is NC(=O)C1CCN(CC(=O)Nc2ccccc2C(=O)Nc2ccccc2)CC1. The first kappa shape index (κ1) is 19.6. The second kappa shape index (κ2) is 9.14. The fourth-order valence-electron chi connectivity index (χ4n) is 3.28. The van der Waals surface area contributed by atoms with Crippen LogP contribution in [0, 0.1) is 5.92 Å². The highest BCUT2D eigenvalue weighted by molar-refractivity contribution is 6.10. The molecule has 146 valence electrons. The van der Waals surface area contributed by atoms with Crippen molar-refractivity contribution in [2.45, 2.75) is 12.8 Å². The van der Waals surface area contributed by atoms with Gasteiger partial charge in [0.1, 0.15) is 0 Å². The van der Waals surface area contributed by atoms with Crippen molar-refractivity contribution in [2.24, 2.45) is 11.7 Å². The summed E-state index contributed by atoms with van der Waals surface area (Å²) in [5.74, 6) is -0.869. The molecule has 0 aromatic heterocycles. The summed E-state index contributed by atoms with van der Waals surface area (Å²) in [6.07, 6.45) is 1.33. The number of carbonyl (C=O) groups is 3. The van der Waals surface area contributed by atoms with E-state index in [9.17, 15) is 14.4 Å². The Morgan fingerprint density at radius 2 is 1.57 bits per heavy atom. The first-order valence-corrected chi connectivity index (χ1v) is 9.30. The molecule has 3 rings (SSSR count). The van der Waals surface area contributed by atoms with E-state index in [2.05, 4.69) is 10.6 Å². The van der Waals surface area contributed by atoms with E-state index in [0.717, 1.165) is 0 Å². The van der Waals surface area contributed by atoms with Gasteiger partial charge in [-0.2, -0.15) is 0 Å². The fourth-order valence-corrected chi connectivity index (χ4v) is 3.28. The van der Waals surface area contributed by atoms with Gasteiger partial charge >= 0.3 is 0 Å². The maximum absolute atomic E-state index is 12.6. The number of para-hydroxylation sites is 2. The summed E-state index contributed by atoms with van der Waals surface area (Å²) in [6.45, 7) is 1.51. The van der Waals surface area contributed by atoms with Gasteiger partial charge in [0.05, 0.1) is 17.8 Å². The molecule has 3 amide bonds. The summed E-state index contributed by atoms with van der Waals surface area (Å²) in [7, 11) is 0. The zero-order chi connectivity index (χ0) is 19.9. The minimum absolute atomic E-state index is 0.110. The molecular formula is C21H24N4O3. The van der Waals surface area contributed by atoms with Crippen LogP contribution in [0.5, 0.6) is 0 Å². The minimum atomic E-state index is -0.288. The van der Waals surface area contributed by atoms with Crippen LogP contribution in [0.15, 0.2) is 54.6 Å². The predicted octanol–water partition coefficient (Wildman–Crippen LogP) is 2.07. The van der Waals surface area contributed by atoms with Crippen molar-refractivity contribution in [2.75, 3.05) is 30.3 Å². The Morgan fingerprint density at radius 3 is 2.25 bits per heavy atom. The van der Waals surface area contributed by atoms with E-state index in [0.29, 0.717) is 42.9 Å². The summed E-state index contributed by atoms with van der Waals surface area (Å²) < 4.78 is 0. The van der Waals surface area contributed by atoms with E-state index in [1.165, 1.54) is 0 Å². The molecule has 2 aromatic carbocycles. The molecule has 28 heavy (non-hydrogen) atoms. The van der Waals surface area contributed by atoms with Crippen LogP contribution in [0.2, 0.25) is 0 Å². The average Bonchev–Trinajstić information content (AvgIpc) is 2.69. The third-order valence-corrected chi connectivity index (χ3v) is 4.83. The maximum atomic E-state index is 12.6. The number of amides is 3. The smallest absolute Gasteiger partial charge is 0.257 e. The van der Waals surface area contributed by atoms with Gasteiger partial charge in [0.25, 0.3) is 5.91 Å². The van der Waals surface area contributed by atoms with Gasteiger partial charge in [-0.15, -0.1) is 0 Å². The van der Waals surface area contributed by atoms with Crippen LogP contribution in [0.3, 0.4) is 0 Å². The van der Waals surface area contributed by atoms with E-state index < -0.39 is 0 Å². The molecule has 0 spiro atoms. The first-order chi connectivity index (χ1) is 13.5. The van der Waals surface area contributed by atoms with Gasteiger partial charge in [-0.05, 0) is 50.2 Å². The number of nitrogens with two attached hydrogens (primary N) is 1. The van der Waals surface area contributed by atoms with Crippen LogP contribution >= 0.6 is 0 Å². The number of benzene rings is 2. The molecule has 0 unspecified atom stereocenters. The van der Waals surface area contributed by atoms with E-state index in [4.69, 9.17) is 5.73 Å². The highest BCUT2D eigenvalue weighted by Gasteiger charge is 2.24. The van der Waals surface area contributed by atoms with E-state index in [1.54, 1.807) is 36.4 Å². The molecule has 1 aliphatic heterocycles. The van der Waals surface area contributed by atoms with Gasteiger partial charge < -0.3 is 16.4 Å². The Bertz CT molecular complexity index is 846. The maximum Gasteiger partial charge on any atom is 0.257 e. The lowest BCUT2D eigenvalue weighted by Crippen LogP contribution is -2.42. The van der Waals surface area contributed by atoms with Crippen molar-refractivity contribution >= 4 is 29.1 Å². The second-order valence-corrected chi connectivity index (χ2v) is 6.87. The Balaban J connectivity index is 1.59. The largest absolute Gasteiger partial charge is 0.369 e. The summed E-state index contributed by atoms with van der Waals surface area (Å²) in [4.78, 5) is 38.3. The van der Waals surface area contributed by atoms with Gasteiger partial charge in [-0.25, -0.2) is 0 Å². The van der Waals surface area contributed by atoms with E-state index in [-0.39, 0.29) is 30.2 Å². The molecule has 7 heteroatoms. The van der Waals surface area contributed by atoms with Gasteiger partial charge in [0.2, 0.25) is 11.8 Å². The highest BCUT2D eigenvalue weighted by atomic mass is 16.2. The number of nitrogens with one attached hydrogen (secondary N) is 2. The van der Waals surface area contributed by atoms with Gasteiger partial charge in [0, 0.05) is 11.6 Å². The number of primary amides is 1. The topological polar surface area (TPSA) is 105 Å². The number of likely N-dealkylation sites (tertiary alicyclic amines) is 1. The molecule has 1 fully saturated rings. The van der Waals surface area contributed by atoms with Crippen molar-refractivity contribution in [3.05, 3.63) is 60.2 Å². The molecule has 0 radical (unpaired) electrons. The second-order valence-electron chi connectivity index (χ2n) is 6.87. The normalized spacial score (nSPS) is 15.0. The molecule has 4 N–H and O–H groups in total. The molecule has 0 atom stereocenters. The Labute approximate surface area is 163 Å². The Kier molecular flexibility index (Phi) is 6.39. The number of anilines is 2. The summed E-state index contributed by atoms with van der Waals surface area (Å²) in [5.41, 5.74) is 6.89. The third-order valence-electron chi connectivity index (χ3n) is 4.83. The number of nitrogens with zero attached hydrogens (tertiary/aromatic N) is 1. The van der Waals surface area contributed by atoms with Crippen LogP contribution < -0.4 is 16.4 Å². The van der Waals surface area contributed by atoms with Crippen molar-refractivity contribution in [1.82, 2.24) is 4.90 Å². The van der Waals surface area contributed by atoms with Gasteiger partial charge in [0.15, 0.2) is 0 Å². The molecular weight excluding hydrogens is 356 g/mol. The number of hydrogen-bond donors (Lipinski definition) is 3. The summed E-state index contributed by atoms with van der Waals surface area (Å²) in [6, 6.07) is 16.1. The van der Waals surface area contributed by atoms with Crippen molar-refractivity contribution in [3.63, 3.8) is 0 Å². The lowest BCUT2D eigenvalue weighted by Gasteiger charge is -2.29. The number of rotatable bonds is 6. The highest BCUT2D eigenvalue weighted by Crippen LogP contribution is 2.19. The van der Waals surface area contributed by atoms with Crippen LogP contribution in [0.4, 0.5) is 11.4 Å². The molecule has 0 bridgehead atoms. The van der Waals surface area contributed by atoms with Crippen LogP contribution in [0.25, 0.3) is 0 Å². The van der Waals surface area contributed by atoms with E-state index >= 15 is 0 Å². The first-order valence-electron chi connectivity index (χ1n) is 9.30. The molecule has 0 saturated carbocycles. The number of carbonyl (C=O) groups excluding carboxylic acids is 3. The van der Waals surface area contributed by atoms with Crippen molar-refractivity contribution in [1.29, 1.82) is 0 Å². The quantitative estimate of drug-likeness (QED) is 0.713. The van der Waals surface area contributed by atoms with Crippen molar-refractivity contribution < 1.29 is 14.4 Å². The minimum Gasteiger partial charge on any atom is -0.369 e. The van der Waals surface area contributed by atoms with Crippen LogP contribution in [-0.2, 0) is 9.59 Å². The standard InChI is InChI=1S/C21H24N4O3/c22-20(27)15-10-12-25(13-11-15)14-19(26)24-18-9-5-4-8-17(18)21(28)23-16-6-2-1-3-7-16/h1-9,15H,10-14H2,(H2,22,27)(H,23,28)(H,24,26). The van der Waals surface area contributed by atoms with Gasteiger partial charge in [-0.3, -0.25) is 19.3 Å². The third kappa shape index (κ3) is 5.17. The molecule has 1 aliphatic rings. The van der Waals surface area contributed by atoms with Crippen molar-refractivity contribution in [3.8, 4) is 0 Å². The molecule has 2 aromatic rings. The zero-order valence-corrected chi connectivity index (χ0v) is 15.6. The lowest BCUT2D eigenvalue weighted by molar-refractivity contribution is -0.123. The molecule has 1 heterocycles. The van der Waals surface area contributed by atoms with Crippen LogP contribution in [-0.4, -0.2) is 42.3 Å². The summed E-state index contributed by atoms with van der Waals surface area (Å²) in [5, 5.41) is 5.65. The monoisotopic (exact) mass is 380 g/mol. The molecule has 0 aliphatic carbocycles. The predicted molar refractivity (Wildman–Crippen MR) is 108 cm³/mol. The molecule has 7 nitrogen and oxygen atoms in total.